The normalized spacial score (nSPS) is 12.0. The fourth-order valence-electron chi connectivity index (χ4n) is 6.73. The number of hydrogen-bond acceptors (Lipinski definition) is 3. The average molecular weight is 647 g/mol. The average Bonchev–Trinajstić information content (AvgIpc) is 3.69. The second-order valence-corrected chi connectivity index (χ2v) is 14.9. The van der Waals surface area contributed by atoms with E-state index in [0.717, 1.165) is 65.3 Å². The first-order valence-corrected chi connectivity index (χ1v) is 17.5. The van der Waals surface area contributed by atoms with Crippen molar-refractivity contribution in [3.8, 4) is 34.1 Å². The SMILES string of the molecule is Cc1cccc(CCC(C)(C)C)c1-c1cnn(-c2cccc(Oc3ccc4c5ccccc5n(-c5cc(CCC(C)C)ccn5)c4c3)c2)c1. The van der Waals surface area contributed by atoms with Crippen molar-refractivity contribution in [2.45, 2.75) is 67.2 Å². The lowest BCUT2D eigenvalue weighted by atomic mass is 9.86. The van der Waals surface area contributed by atoms with E-state index in [9.17, 15) is 0 Å². The number of aromatic nitrogens is 4. The van der Waals surface area contributed by atoms with Crippen LogP contribution in [0.1, 0.15) is 64.2 Å². The van der Waals surface area contributed by atoms with Crippen LogP contribution in [0.15, 0.2) is 116 Å². The summed E-state index contributed by atoms with van der Waals surface area (Å²) in [6.45, 7) is 13.6. The minimum atomic E-state index is 0.280. The molecule has 0 aliphatic heterocycles. The van der Waals surface area contributed by atoms with Crippen LogP contribution in [0.5, 0.6) is 11.5 Å². The number of pyridine rings is 1. The summed E-state index contributed by atoms with van der Waals surface area (Å²) in [6.07, 6.45) is 10.4. The summed E-state index contributed by atoms with van der Waals surface area (Å²) in [5, 5.41) is 7.17. The van der Waals surface area contributed by atoms with Gasteiger partial charge in [-0.3, -0.25) is 4.57 Å². The van der Waals surface area contributed by atoms with Crippen LogP contribution in [0.3, 0.4) is 0 Å². The van der Waals surface area contributed by atoms with Gasteiger partial charge in [0.25, 0.3) is 0 Å². The van der Waals surface area contributed by atoms with Gasteiger partial charge in [-0.25, -0.2) is 9.67 Å². The number of fused-ring (bicyclic) bond motifs is 3. The number of aryl methyl sites for hydroxylation is 3. The van der Waals surface area contributed by atoms with Gasteiger partial charge >= 0.3 is 0 Å². The molecular formula is C44H46N4O. The van der Waals surface area contributed by atoms with Crippen LogP contribution in [0.25, 0.3) is 44.4 Å². The predicted molar refractivity (Wildman–Crippen MR) is 203 cm³/mol. The first-order chi connectivity index (χ1) is 23.6. The molecule has 7 aromatic rings. The Kier molecular flexibility index (Phi) is 8.85. The monoisotopic (exact) mass is 646 g/mol. The molecule has 0 N–H and O–H groups in total. The molecule has 0 amide bonds. The van der Waals surface area contributed by atoms with E-state index in [1.165, 1.54) is 33.0 Å². The second-order valence-electron chi connectivity index (χ2n) is 14.9. The first-order valence-electron chi connectivity index (χ1n) is 17.5. The van der Waals surface area contributed by atoms with E-state index in [1.807, 2.05) is 29.2 Å². The molecule has 0 atom stereocenters. The van der Waals surface area contributed by atoms with Crippen molar-refractivity contribution < 1.29 is 4.74 Å². The van der Waals surface area contributed by atoms with Gasteiger partial charge in [0, 0.05) is 40.9 Å². The lowest BCUT2D eigenvalue weighted by Crippen LogP contribution is -2.07. The van der Waals surface area contributed by atoms with Crippen LogP contribution >= 0.6 is 0 Å². The third-order valence-corrected chi connectivity index (χ3v) is 9.39. The molecule has 5 heteroatoms. The minimum Gasteiger partial charge on any atom is -0.457 e. The molecule has 0 unspecified atom stereocenters. The van der Waals surface area contributed by atoms with Crippen molar-refractivity contribution in [2.24, 2.45) is 11.3 Å². The number of rotatable bonds is 10. The zero-order valence-corrected chi connectivity index (χ0v) is 29.6. The second kappa shape index (κ2) is 13.4. The molecule has 0 saturated carbocycles. The summed E-state index contributed by atoms with van der Waals surface area (Å²) in [7, 11) is 0. The summed E-state index contributed by atoms with van der Waals surface area (Å²) in [6, 6.07) is 34.0. The molecule has 248 valence electrons. The highest BCUT2D eigenvalue weighted by Gasteiger charge is 2.17. The summed E-state index contributed by atoms with van der Waals surface area (Å²) >= 11 is 0. The standard InChI is InChI=1S/C44H46N4O/c1-30(2)17-18-32-22-24-45-42(25-32)48-40-16-8-7-15-38(40)39-20-19-37(27-41(39)48)49-36-14-10-13-35(26-36)47-29-34(28-46-47)43-31(3)11-9-12-33(43)21-23-44(4,5)6/h7-16,19-20,22,24-30H,17-18,21,23H2,1-6H3. The topological polar surface area (TPSA) is 44.9 Å². The maximum Gasteiger partial charge on any atom is 0.137 e. The Hall–Kier alpha value is -5.16. The van der Waals surface area contributed by atoms with Crippen molar-refractivity contribution >= 4 is 21.8 Å². The van der Waals surface area contributed by atoms with Gasteiger partial charge in [-0.2, -0.15) is 5.10 Å². The summed E-state index contributed by atoms with van der Waals surface area (Å²) in [5.74, 6) is 3.11. The first kappa shape index (κ1) is 32.4. The number of para-hydroxylation sites is 1. The molecule has 5 nitrogen and oxygen atoms in total. The van der Waals surface area contributed by atoms with Gasteiger partial charge in [0.1, 0.15) is 17.3 Å². The van der Waals surface area contributed by atoms with Crippen molar-refractivity contribution in [2.75, 3.05) is 0 Å². The van der Waals surface area contributed by atoms with E-state index >= 15 is 0 Å². The molecule has 0 saturated heterocycles. The third-order valence-electron chi connectivity index (χ3n) is 9.39. The summed E-state index contributed by atoms with van der Waals surface area (Å²) in [4.78, 5) is 4.84. The largest absolute Gasteiger partial charge is 0.457 e. The molecule has 3 heterocycles. The van der Waals surface area contributed by atoms with E-state index in [2.05, 4.69) is 137 Å². The lowest BCUT2D eigenvalue weighted by Gasteiger charge is -2.19. The van der Waals surface area contributed by atoms with E-state index in [-0.39, 0.29) is 5.41 Å². The number of nitrogens with zero attached hydrogens (tertiary/aromatic N) is 4. The fourth-order valence-corrected chi connectivity index (χ4v) is 6.73. The van der Waals surface area contributed by atoms with Crippen LogP contribution in [-0.2, 0) is 12.8 Å². The quantitative estimate of drug-likeness (QED) is 0.149. The third kappa shape index (κ3) is 7.03. The summed E-state index contributed by atoms with van der Waals surface area (Å²) < 4.78 is 10.8. The highest BCUT2D eigenvalue weighted by atomic mass is 16.5. The molecule has 7 rings (SSSR count). The molecule has 3 aromatic heterocycles. The zero-order chi connectivity index (χ0) is 34.1. The van der Waals surface area contributed by atoms with Gasteiger partial charge in [-0.05, 0) is 109 Å². The molecule has 49 heavy (non-hydrogen) atoms. The van der Waals surface area contributed by atoms with E-state index in [1.54, 1.807) is 0 Å². The van der Waals surface area contributed by atoms with Gasteiger partial charge < -0.3 is 4.74 Å². The van der Waals surface area contributed by atoms with Crippen molar-refractivity contribution in [3.63, 3.8) is 0 Å². The fraction of sp³-hybridized carbons (Fsp3) is 0.273. The molecule has 4 aromatic carbocycles. The number of benzene rings is 4. The van der Waals surface area contributed by atoms with Gasteiger partial charge in [-0.1, -0.05) is 77.1 Å². The highest BCUT2D eigenvalue weighted by Crippen LogP contribution is 2.36. The van der Waals surface area contributed by atoms with Gasteiger partial charge in [0.2, 0.25) is 0 Å². The number of hydrogen-bond donors (Lipinski definition) is 0. The Morgan fingerprint density at radius 1 is 0.776 bits per heavy atom. The van der Waals surface area contributed by atoms with Gasteiger partial charge in [0.15, 0.2) is 0 Å². The van der Waals surface area contributed by atoms with Crippen LogP contribution in [0, 0.1) is 18.3 Å². The Labute approximate surface area is 290 Å². The molecule has 0 aliphatic rings. The van der Waals surface area contributed by atoms with Gasteiger partial charge in [-0.15, -0.1) is 0 Å². The smallest absolute Gasteiger partial charge is 0.137 e. The Balaban J connectivity index is 1.20. The van der Waals surface area contributed by atoms with E-state index in [0.29, 0.717) is 5.92 Å². The molecule has 0 radical (unpaired) electrons. The summed E-state index contributed by atoms with van der Waals surface area (Å²) in [5.41, 5.74) is 9.80. The lowest BCUT2D eigenvalue weighted by molar-refractivity contribution is 0.378. The van der Waals surface area contributed by atoms with Crippen LogP contribution in [-0.4, -0.2) is 19.3 Å². The predicted octanol–water partition coefficient (Wildman–Crippen LogP) is 11.7. The molecule has 0 bridgehead atoms. The van der Waals surface area contributed by atoms with Crippen molar-refractivity contribution in [3.05, 3.63) is 132 Å². The molecule has 0 spiro atoms. The van der Waals surface area contributed by atoms with Gasteiger partial charge in [0.05, 0.1) is 22.9 Å². The van der Waals surface area contributed by atoms with Crippen molar-refractivity contribution in [1.29, 1.82) is 0 Å². The molecule has 0 fully saturated rings. The zero-order valence-electron chi connectivity index (χ0n) is 29.6. The highest BCUT2D eigenvalue weighted by molar-refractivity contribution is 6.09. The Bertz CT molecular complexity index is 2250. The van der Waals surface area contributed by atoms with Crippen molar-refractivity contribution in [1.82, 2.24) is 19.3 Å². The minimum absolute atomic E-state index is 0.280. The maximum atomic E-state index is 6.54. The molecular weight excluding hydrogens is 601 g/mol. The Morgan fingerprint density at radius 3 is 2.41 bits per heavy atom. The Morgan fingerprint density at radius 2 is 1.57 bits per heavy atom. The maximum absolute atomic E-state index is 6.54. The van der Waals surface area contributed by atoms with E-state index in [4.69, 9.17) is 14.8 Å². The van der Waals surface area contributed by atoms with Crippen LogP contribution in [0.4, 0.5) is 0 Å². The molecule has 0 aliphatic carbocycles. The van der Waals surface area contributed by atoms with Crippen LogP contribution < -0.4 is 4.74 Å². The number of ether oxygens (including phenoxy) is 1. The van der Waals surface area contributed by atoms with Crippen LogP contribution in [0.2, 0.25) is 0 Å². The van der Waals surface area contributed by atoms with E-state index < -0.39 is 0 Å².